The lowest BCUT2D eigenvalue weighted by Gasteiger charge is -2.37. The van der Waals surface area contributed by atoms with E-state index in [2.05, 4.69) is 82.1 Å². The van der Waals surface area contributed by atoms with Crippen LogP contribution in [0.15, 0.2) is 35.3 Å². The molecule has 0 amide bonds. The quantitative estimate of drug-likeness (QED) is 0.388. The first kappa shape index (κ1) is 24.2. The average molecular weight is 442 g/mol. The summed E-state index contributed by atoms with van der Waals surface area (Å²) in [6.07, 6.45) is 3.95. The first-order valence-electron chi connectivity index (χ1n) is 11.7. The lowest BCUT2D eigenvalue weighted by atomic mass is 9.90. The lowest BCUT2D eigenvalue weighted by Crippen LogP contribution is -2.56. The van der Waals surface area contributed by atoms with Crippen LogP contribution in [0.1, 0.15) is 63.3 Å². The van der Waals surface area contributed by atoms with Crippen LogP contribution in [-0.4, -0.2) is 53.0 Å². The minimum absolute atomic E-state index is 0.0203. The van der Waals surface area contributed by atoms with Crippen LogP contribution in [0.2, 0.25) is 0 Å². The summed E-state index contributed by atoms with van der Waals surface area (Å²) >= 11 is 0. The van der Waals surface area contributed by atoms with Gasteiger partial charge in [-0.05, 0) is 31.7 Å². The van der Waals surface area contributed by atoms with Gasteiger partial charge in [-0.3, -0.25) is 4.99 Å². The second-order valence-corrected chi connectivity index (χ2v) is 8.63. The number of ether oxygens (including phenoxy) is 1. The van der Waals surface area contributed by atoms with Crippen LogP contribution < -0.4 is 16.0 Å². The summed E-state index contributed by atoms with van der Waals surface area (Å²) < 4.78 is 7.16. The van der Waals surface area contributed by atoms with Gasteiger partial charge in [-0.1, -0.05) is 44.2 Å². The highest BCUT2D eigenvalue weighted by Gasteiger charge is 2.29. The SMILES string of the molecule is CCC(CC)(CNC(=NC)NC1CCc2nc(COC)nn2C1)NC(C)c1ccccc1. The highest BCUT2D eigenvalue weighted by atomic mass is 16.5. The second-order valence-electron chi connectivity index (χ2n) is 8.63. The molecule has 2 atom stereocenters. The van der Waals surface area contributed by atoms with Crippen molar-refractivity contribution in [3.63, 3.8) is 0 Å². The number of benzene rings is 1. The summed E-state index contributed by atoms with van der Waals surface area (Å²) in [7, 11) is 3.50. The van der Waals surface area contributed by atoms with Crippen LogP contribution >= 0.6 is 0 Å². The van der Waals surface area contributed by atoms with Gasteiger partial charge in [0.15, 0.2) is 11.8 Å². The Labute approximate surface area is 192 Å². The number of nitrogens with one attached hydrogen (secondary N) is 3. The van der Waals surface area contributed by atoms with Crippen LogP contribution in [0.3, 0.4) is 0 Å². The molecule has 0 saturated carbocycles. The summed E-state index contributed by atoms with van der Waals surface area (Å²) in [6, 6.07) is 11.2. The number of aryl methyl sites for hydroxylation is 1. The predicted octanol–water partition coefficient (Wildman–Crippen LogP) is 2.81. The zero-order chi connectivity index (χ0) is 23.0. The molecule has 2 heterocycles. The van der Waals surface area contributed by atoms with Gasteiger partial charge >= 0.3 is 0 Å². The largest absolute Gasteiger partial charge is 0.377 e. The maximum absolute atomic E-state index is 5.17. The number of rotatable bonds is 10. The number of guanidine groups is 1. The molecule has 0 saturated heterocycles. The van der Waals surface area contributed by atoms with E-state index in [1.54, 1.807) is 7.11 Å². The molecule has 8 heteroatoms. The highest BCUT2D eigenvalue weighted by Crippen LogP contribution is 2.21. The number of aromatic nitrogens is 3. The number of nitrogens with zero attached hydrogens (tertiary/aromatic N) is 4. The van der Waals surface area contributed by atoms with Gasteiger partial charge in [0.25, 0.3) is 0 Å². The minimum Gasteiger partial charge on any atom is -0.377 e. The Bertz CT molecular complexity index is 860. The van der Waals surface area contributed by atoms with Crippen molar-refractivity contribution in [1.29, 1.82) is 0 Å². The van der Waals surface area contributed by atoms with E-state index < -0.39 is 0 Å². The van der Waals surface area contributed by atoms with Crippen molar-refractivity contribution in [2.24, 2.45) is 4.99 Å². The molecular weight excluding hydrogens is 402 g/mol. The zero-order valence-corrected chi connectivity index (χ0v) is 20.2. The molecule has 1 aliphatic rings. The number of fused-ring (bicyclic) bond motifs is 1. The van der Waals surface area contributed by atoms with Crippen molar-refractivity contribution < 1.29 is 4.74 Å². The summed E-state index contributed by atoms with van der Waals surface area (Å²) in [5.41, 5.74) is 1.29. The van der Waals surface area contributed by atoms with Gasteiger partial charge in [0.1, 0.15) is 12.4 Å². The van der Waals surface area contributed by atoms with Gasteiger partial charge in [-0.15, -0.1) is 0 Å². The molecule has 176 valence electrons. The molecular formula is C24H39N7O. The summed E-state index contributed by atoms with van der Waals surface area (Å²) in [6.45, 7) is 8.76. The zero-order valence-electron chi connectivity index (χ0n) is 20.2. The third kappa shape index (κ3) is 6.07. The van der Waals surface area contributed by atoms with E-state index in [9.17, 15) is 0 Å². The number of hydrogen-bond donors (Lipinski definition) is 3. The van der Waals surface area contributed by atoms with Crippen molar-refractivity contribution in [2.45, 2.75) is 77.2 Å². The molecule has 2 aromatic rings. The number of methoxy groups -OCH3 is 1. The third-order valence-corrected chi connectivity index (χ3v) is 6.51. The summed E-state index contributed by atoms with van der Waals surface area (Å²) in [5, 5.41) is 15.6. The Hall–Kier alpha value is -2.45. The molecule has 3 N–H and O–H groups in total. The molecule has 0 aliphatic carbocycles. The fourth-order valence-electron chi connectivity index (χ4n) is 4.35. The van der Waals surface area contributed by atoms with Crippen LogP contribution in [0.5, 0.6) is 0 Å². The second kappa shape index (κ2) is 11.4. The smallest absolute Gasteiger partial charge is 0.191 e. The topological polar surface area (TPSA) is 88.4 Å². The molecule has 1 aromatic heterocycles. The normalized spacial score (nSPS) is 17.7. The Morgan fingerprint density at radius 3 is 2.69 bits per heavy atom. The molecule has 0 bridgehead atoms. The van der Waals surface area contributed by atoms with Crippen molar-refractivity contribution in [3.8, 4) is 0 Å². The number of hydrogen-bond acceptors (Lipinski definition) is 5. The molecule has 8 nitrogen and oxygen atoms in total. The van der Waals surface area contributed by atoms with E-state index in [0.717, 1.165) is 56.4 Å². The average Bonchev–Trinajstić information content (AvgIpc) is 3.23. The monoisotopic (exact) mass is 441 g/mol. The van der Waals surface area contributed by atoms with Gasteiger partial charge in [0.2, 0.25) is 0 Å². The molecule has 32 heavy (non-hydrogen) atoms. The molecule has 0 radical (unpaired) electrons. The van der Waals surface area contributed by atoms with E-state index in [-0.39, 0.29) is 17.6 Å². The molecule has 0 fully saturated rings. The van der Waals surface area contributed by atoms with Crippen LogP contribution in [0.4, 0.5) is 0 Å². The first-order valence-corrected chi connectivity index (χ1v) is 11.7. The standard InChI is InChI=1S/C24H39N7O/c1-6-24(7-2,29-18(3)19-11-9-8-10-12-19)17-26-23(25-4)27-20-13-14-22-28-21(16-32-5)30-31(22)15-20/h8-12,18,20,29H,6-7,13-17H2,1-5H3,(H2,25,26,27). The molecule has 2 unspecified atom stereocenters. The lowest BCUT2D eigenvalue weighted by molar-refractivity contribution is 0.177. The van der Waals surface area contributed by atoms with Crippen LogP contribution in [0, 0.1) is 0 Å². The van der Waals surface area contributed by atoms with E-state index in [0.29, 0.717) is 6.61 Å². The number of aliphatic imine (C=N–C) groups is 1. The highest BCUT2D eigenvalue weighted by molar-refractivity contribution is 5.80. The van der Waals surface area contributed by atoms with Gasteiger partial charge in [0, 0.05) is 44.7 Å². The summed E-state index contributed by atoms with van der Waals surface area (Å²) in [5.74, 6) is 2.61. The van der Waals surface area contributed by atoms with Crippen molar-refractivity contribution in [3.05, 3.63) is 47.5 Å². The minimum atomic E-state index is -0.0203. The van der Waals surface area contributed by atoms with Crippen molar-refractivity contribution in [1.82, 2.24) is 30.7 Å². The summed E-state index contributed by atoms with van der Waals surface area (Å²) in [4.78, 5) is 9.05. The van der Waals surface area contributed by atoms with Crippen molar-refractivity contribution in [2.75, 3.05) is 20.7 Å². The fraction of sp³-hybridized carbons (Fsp3) is 0.625. The van der Waals surface area contributed by atoms with Crippen LogP contribution in [-0.2, 0) is 24.3 Å². The Kier molecular flexibility index (Phi) is 8.64. The molecule has 1 aliphatic heterocycles. The van der Waals surface area contributed by atoms with Crippen LogP contribution in [0.25, 0.3) is 0 Å². The van der Waals surface area contributed by atoms with Gasteiger partial charge in [-0.2, -0.15) is 5.10 Å². The maximum atomic E-state index is 5.17. The molecule has 1 aromatic carbocycles. The van der Waals surface area contributed by atoms with E-state index in [4.69, 9.17) is 4.74 Å². The Balaban J connectivity index is 1.58. The first-order chi connectivity index (χ1) is 15.5. The Morgan fingerprint density at radius 2 is 2.03 bits per heavy atom. The maximum Gasteiger partial charge on any atom is 0.191 e. The van der Waals surface area contributed by atoms with E-state index in [1.165, 1.54) is 5.56 Å². The van der Waals surface area contributed by atoms with Gasteiger partial charge in [0.05, 0.1) is 6.54 Å². The fourth-order valence-corrected chi connectivity index (χ4v) is 4.35. The predicted molar refractivity (Wildman–Crippen MR) is 129 cm³/mol. The molecule has 0 spiro atoms. The van der Waals surface area contributed by atoms with Gasteiger partial charge in [-0.25, -0.2) is 9.67 Å². The third-order valence-electron chi connectivity index (χ3n) is 6.51. The van der Waals surface area contributed by atoms with E-state index >= 15 is 0 Å². The Morgan fingerprint density at radius 1 is 1.28 bits per heavy atom. The van der Waals surface area contributed by atoms with E-state index in [1.807, 2.05) is 11.7 Å². The van der Waals surface area contributed by atoms with Gasteiger partial charge < -0.3 is 20.7 Å². The molecule has 3 rings (SSSR count). The van der Waals surface area contributed by atoms with Crippen molar-refractivity contribution >= 4 is 5.96 Å².